The number of rotatable bonds is 7. The van der Waals surface area contributed by atoms with Gasteiger partial charge in [-0.3, -0.25) is 4.79 Å². The molecule has 1 aromatic heterocycles. The van der Waals surface area contributed by atoms with E-state index in [9.17, 15) is 18.0 Å². The third-order valence-corrected chi connectivity index (χ3v) is 6.98. The molecule has 1 aliphatic rings. The predicted molar refractivity (Wildman–Crippen MR) is 105 cm³/mol. The number of hydrogen-bond acceptors (Lipinski definition) is 3. The molecular formula is C17H26F3IN2O2Si. The highest BCUT2D eigenvalue weighted by molar-refractivity contribution is 14.1. The Hall–Kier alpha value is -0.423. The van der Waals surface area contributed by atoms with Crippen molar-refractivity contribution in [3.8, 4) is 0 Å². The van der Waals surface area contributed by atoms with Gasteiger partial charge in [0, 0.05) is 26.8 Å². The molecule has 1 fully saturated rings. The number of carbonyl (C=O) groups excluding carboxylic acids is 1. The number of Topliss-reactive ketones (excluding diaryl/α,β-unsaturated/α-hetero) is 1. The van der Waals surface area contributed by atoms with Crippen molar-refractivity contribution >= 4 is 36.4 Å². The van der Waals surface area contributed by atoms with Crippen LogP contribution >= 0.6 is 22.6 Å². The number of ketones is 1. The van der Waals surface area contributed by atoms with E-state index in [1.807, 2.05) is 22.6 Å². The van der Waals surface area contributed by atoms with Gasteiger partial charge in [-0.15, -0.1) is 0 Å². The van der Waals surface area contributed by atoms with E-state index in [4.69, 9.17) is 4.74 Å². The molecule has 0 atom stereocenters. The van der Waals surface area contributed by atoms with E-state index in [0.29, 0.717) is 16.1 Å². The van der Waals surface area contributed by atoms with Crippen LogP contribution in [0, 0.1) is 15.5 Å². The second kappa shape index (κ2) is 8.72. The lowest BCUT2D eigenvalue weighted by Crippen LogP contribution is -2.31. The van der Waals surface area contributed by atoms with Gasteiger partial charge in [0.25, 0.3) is 0 Å². The second-order valence-electron chi connectivity index (χ2n) is 8.16. The molecule has 26 heavy (non-hydrogen) atoms. The first kappa shape index (κ1) is 21.9. The highest BCUT2D eigenvalue weighted by Crippen LogP contribution is 2.40. The van der Waals surface area contributed by atoms with Crippen LogP contribution in [0.5, 0.6) is 0 Å². The lowest BCUT2D eigenvalue weighted by atomic mass is 9.79. The van der Waals surface area contributed by atoms with Crippen molar-refractivity contribution < 1.29 is 22.7 Å². The monoisotopic (exact) mass is 502 g/mol. The zero-order chi connectivity index (χ0) is 19.5. The van der Waals surface area contributed by atoms with E-state index < -0.39 is 20.2 Å². The fourth-order valence-corrected chi connectivity index (χ4v) is 4.41. The Balaban J connectivity index is 1.95. The molecule has 1 aromatic rings. The fraction of sp³-hybridized carbons (Fsp3) is 0.765. The summed E-state index contributed by atoms with van der Waals surface area (Å²) in [6, 6.07) is 1.03. The van der Waals surface area contributed by atoms with Crippen molar-refractivity contribution in [1.82, 2.24) is 9.55 Å². The summed E-state index contributed by atoms with van der Waals surface area (Å²) in [4.78, 5) is 17.1. The van der Waals surface area contributed by atoms with E-state index in [1.54, 1.807) is 10.8 Å². The van der Waals surface area contributed by atoms with Crippen molar-refractivity contribution in [2.45, 2.75) is 64.3 Å². The van der Waals surface area contributed by atoms with Crippen LogP contribution in [-0.2, 0) is 11.5 Å². The summed E-state index contributed by atoms with van der Waals surface area (Å²) < 4.78 is 46.5. The Morgan fingerprint density at radius 3 is 2.46 bits per heavy atom. The molecule has 1 saturated carbocycles. The van der Waals surface area contributed by atoms with Gasteiger partial charge in [0.15, 0.2) is 5.82 Å². The molecule has 0 aliphatic heterocycles. The van der Waals surface area contributed by atoms with Gasteiger partial charge in [-0.25, -0.2) is 4.98 Å². The number of alkyl halides is 3. The Morgan fingerprint density at radius 2 is 1.92 bits per heavy atom. The summed E-state index contributed by atoms with van der Waals surface area (Å²) in [5, 5.41) is 0. The van der Waals surface area contributed by atoms with E-state index in [2.05, 4.69) is 24.6 Å². The largest absolute Gasteiger partial charge is 0.391 e. The topological polar surface area (TPSA) is 44.1 Å². The molecule has 1 heterocycles. The Morgan fingerprint density at radius 1 is 1.31 bits per heavy atom. The number of imidazole rings is 1. The van der Waals surface area contributed by atoms with E-state index in [-0.39, 0.29) is 44.1 Å². The molecule has 1 aliphatic carbocycles. The van der Waals surface area contributed by atoms with Gasteiger partial charge in [-0.05, 0) is 54.3 Å². The lowest BCUT2D eigenvalue weighted by molar-refractivity contribution is -0.183. The SMILES string of the molecule is C[Si](C)(C)CCOCn1cc(I)nc1C(=O)C1CCC(C(F)(F)F)CC1. The van der Waals surface area contributed by atoms with Gasteiger partial charge >= 0.3 is 6.18 Å². The highest BCUT2D eigenvalue weighted by Gasteiger charge is 2.43. The van der Waals surface area contributed by atoms with Gasteiger partial charge in [0.2, 0.25) is 5.78 Å². The van der Waals surface area contributed by atoms with Crippen LogP contribution < -0.4 is 0 Å². The van der Waals surface area contributed by atoms with Crippen LogP contribution in [-0.4, -0.2) is 36.2 Å². The van der Waals surface area contributed by atoms with Crippen LogP contribution in [0.2, 0.25) is 25.7 Å². The van der Waals surface area contributed by atoms with Crippen LogP contribution in [0.25, 0.3) is 0 Å². The molecule has 0 spiro atoms. The minimum atomic E-state index is -4.16. The smallest absolute Gasteiger partial charge is 0.361 e. The summed E-state index contributed by atoms with van der Waals surface area (Å²) in [7, 11) is -1.18. The minimum Gasteiger partial charge on any atom is -0.361 e. The lowest BCUT2D eigenvalue weighted by Gasteiger charge is -2.28. The molecule has 0 aromatic carbocycles. The van der Waals surface area contributed by atoms with Crippen LogP contribution in [0.4, 0.5) is 13.2 Å². The normalized spacial score (nSPS) is 21.8. The maximum absolute atomic E-state index is 12.8. The van der Waals surface area contributed by atoms with Gasteiger partial charge < -0.3 is 9.30 Å². The first-order valence-electron chi connectivity index (χ1n) is 8.89. The summed E-state index contributed by atoms with van der Waals surface area (Å²) in [6.07, 6.45) is -1.84. The molecule has 0 saturated heterocycles. The van der Waals surface area contributed by atoms with Gasteiger partial charge in [-0.1, -0.05) is 19.6 Å². The minimum absolute atomic E-state index is 0.0183. The maximum atomic E-state index is 12.8. The molecule has 0 radical (unpaired) electrons. The molecule has 0 amide bonds. The van der Waals surface area contributed by atoms with Crippen LogP contribution in [0.3, 0.4) is 0 Å². The van der Waals surface area contributed by atoms with E-state index in [1.165, 1.54) is 0 Å². The standard InChI is InChI=1S/C17H26F3IN2O2Si/c1-26(2,3)9-8-25-11-23-10-14(21)22-16(23)15(24)12-4-6-13(7-5-12)17(18,19)20/h10,12-13H,4-9,11H2,1-3H3. The van der Waals surface area contributed by atoms with Crippen molar-refractivity contribution in [2.24, 2.45) is 11.8 Å². The third kappa shape index (κ3) is 6.33. The molecule has 2 rings (SSSR count). The van der Waals surface area contributed by atoms with Gasteiger partial charge in [0.05, 0.1) is 5.92 Å². The van der Waals surface area contributed by atoms with Crippen molar-refractivity contribution in [3.05, 3.63) is 15.7 Å². The van der Waals surface area contributed by atoms with Gasteiger partial charge in [0.1, 0.15) is 10.4 Å². The first-order valence-corrected chi connectivity index (χ1v) is 13.7. The second-order valence-corrected chi connectivity index (χ2v) is 14.9. The Bertz CT molecular complexity index is 621. The number of halogens is 4. The molecule has 9 heteroatoms. The van der Waals surface area contributed by atoms with Crippen molar-refractivity contribution in [2.75, 3.05) is 6.61 Å². The number of carbonyl (C=O) groups is 1. The van der Waals surface area contributed by atoms with Crippen LogP contribution in [0.1, 0.15) is 36.3 Å². The quantitative estimate of drug-likeness (QED) is 0.219. The summed E-state index contributed by atoms with van der Waals surface area (Å²) in [6.45, 7) is 7.68. The van der Waals surface area contributed by atoms with Crippen LogP contribution in [0.15, 0.2) is 6.20 Å². The summed E-state index contributed by atoms with van der Waals surface area (Å²) in [5.41, 5.74) is 0. The Kier molecular flexibility index (Phi) is 7.34. The predicted octanol–water partition coefficient (Wildman–Crippen LogP) is 5.35. The number of aromatic nitrogens is 2. The number of ether oxygens (including phenoxy) is 1. The average Bonchev–Trinajstić information content (AvgIpc) is 2.90. The summed E-state index contributed by atoms with van der Waals surface area (Å²) in [5.74, 6) is -1.52. The number of nitrogens with zero attached hydrogens (tertiary/aromatic N) is 2. The average molecular weight is 502 g/mol. The molecule has 0 bridgehead atoms. The third-order valence-electron chi connectivity index (χ3n) is 4.76. The highest BCUT2D eigenvalue weighted by atomic mass is 127. The van der Waals surface area contributed by atoms with E-state index >= 15 is 0 Å². The van der Waals surface area contributed by atoms with Crippen molar-refractivity contribution in [3.63, 3.8) is 0 Å². The zero-order valence-electron chi connectivity index (χ0n) is 15.4. The number of hydrogen-bond donors (Lipinski definition) is 0. The molecular weight excluding hydrogens is 476 g/mol. The Labute approximate surface area is 167 Å². The molecule has 4 nitrogen and oxygen atoms in total. The molecule has 148 valence electrons. The zero-order valence-corrected chi connectivity index (χ0v) is 18.6. The fourth-order valence-electron chi connectivity index (χ4n) is 3.09. The maximum Gasteiger partial charge on any atom is 0.391 e. The van der Waals surface area contributed by atoms with Crippen molar-refractivity contribution in [1.29, 1.82) is 0 Å². The molecule has 0 N–H and O–H groups in total. The summed E-state index contributed by atoms with van der Waals surface area (Å²) >= 11 is 2.04. The first-order chi connectivity index (χ1) is 12.0. The van der Waals surface area contributed by atoms with E-state index in [0.717, 1.165) is 6.04 Å². The van der Waals surface area contributed by atoms with Gasteiger partial charge in [-0.2, -0.15) is 13.2 Å². The molecule has 0 unspecified atom stereocenters.